The van der Waals surface area contributed by atoms with Gasteiger partial charge >= 0.3 is 0 Å². The van der Waals surface area contributed by atoms with Crippen molar-refractivity contribution in [1.29, 1.82) is 0 Å². The summed E-state index contributed by atoms with van der Waals surface area (Å²) in [5, 5.41) is 3.93. The van der Waals surface area contributed by atoms with E-state index in [0.717, 1.165) is 16.8 Å². The van der Waals surface area contributed by atoms with Gasteiger partial charge in [-0.25, -0.2) is 0 Å². The van der Waals surface area contributed by atoms with Crippen LogP contribution >= 0.6 is 23.8 Å². The standard InChI is InChI=1S/C19H14ClN3OS/c20-13-8-4-7-12(9-13)14-10-15(11-5-2-1-3-6-11)21-17-16(14)18(24)23-19(25)22-17/h1-10,14H,(H3,21,22,23,24,25). The van der Waals surface area contributed by atoms with Gasteiger partial charge in [0.05, 0.1) is 5.56 Å². The number of H-pyrrole nitrogens is 2. The molecule has 1 aliphatic rings. The number of hydrogen-bond donors (Lipinski definition) is 3. The van der Waals surface area contributed by atoms with Crippen molar-refractivity contribution in [2.45, 2.75) is 5.92 Å². The highest BCUT2D eigenvalue weighted by atomic mass is 35.5. The van der Waals surface area contributed by atoms with E-state index < -0.39 is 0 Å². The van der Waals surface area contributed by atoms with Gasteiger partial charge in [0.15, 0.2) is 4.77 Å². The first-order valence-corrected chi connectivity index (χ1v) is 8.56. The zero-order valence-corrected chi connectivity index (χ0v) is 14.6. The van der Waals surface area contributed by atoms with Crippen LogP contribution in [-0.2, 0) is 0 Å². The lowest BCUT2D eigenvalue weighted by molar-refractivity contribution is 0.930. The number of fused-ring (bicyclic) bond motifs is 1. The average molecular weight is 368 g/mol. The van der Waals surface area contributed by atoms with E-state index in [1.54, 1.807) is 0 Å². The van der Waals surface area contributed by atoms with Crippen LogP contribution in [0, 0.1) is 4.77 Å². The average Bonchev–Trinajstić information content (AvgIpc) is 2.61. The van der Waals surface area contributed by atoms with Gasteiger partial charge in [0.25, 0.3) is 5.56 Å². The Labute approximate surface area is 154 Å². The van der Waals surface area contributed by atoms with Gasteiger partial charge in [-0.15, -0.1) is 0 Å². The summed E-state index contributed by atoms with van der Waals surface area (Å²) in [6.07, 6.45) is 2.04. The first-order valence-electron chi connectivity index (χ1n) is 7.78. The Kier molecular flexibility index (Phi) is 4.03. The lowest BCUT2D eigenvalue weighted by Crippen LogP contribution is -2.24. The molecular formula is C19H14ClN3OS. The summed E-state index contributed by atoms with van der Waals surface area (Å²) in [4.78, 5) is 18.3. The van der Waals surface area contributed by atoms with E-state index in [0.29, 0.717) is 16.4 Å². The number of allylic oxidation sites excluding steroid dienone is 1. The predicted octanol–water partition coefficient (Wildman–Crippen LogP) is 4.68. The summed E-state index contributed by atoms with van der Waals surface area (Å²) in [5.41, 5.74) is 3.27. The second-order valence-corrected chi connectivity index (χ2v) is 6.65. The van der Waals surface area contributed by atoms with Gasteiger partial charge in [0, 0.05) is 16.6 Å². The molecule has 3 N–H and O–H groups in total. The van der Waals surface area contributed by atoms with E-state index in [2.05, 4.69) is 15.3 Å². The molecule has 0 spiro atoms. The quantitative estimate of drug-likeness (QED) is 0.576. The molecule has 4 nitrogen and oxygen atoms in total. The third-order valence-corrected chi connectivity index (χ3v) is 4.62. The van der Waals surface area contributed by atoms with Crippen LogP contribution in [0.3, 0.4) is 0 Å². The molecule has 25 heavy (non-hydrogen) atoms. The summed E-state index contributed by atoms with van der Waals surface area (Å²) in [7, 11) is 0. The molecule has 3 aromatic rings. The van der Waals surface area contributed by atoms with Crippen molar-refractivity contribution in [2.24, 2.45) is 0 Å². The number of halogens is 1. The molecule has 6 heteroatoms. The molecule has 0 aliphatic carbocycles. The number of aromatic nitrogens is 2. The Morgan fingerprint density at radius 3 is 2.56 bits per heavy atom. The number of benzene rings is 2. The molecule has 124 valence electrons. The van der Waals surface area contributed by atoms with Gasteiger partial charge in [-0.1, -0.05) is 54.1 Å². The predicted molar refractivity (Wildman–Crippen MR) is 104 cm³/mol. The van der Waals surface area contributed by atoms with Crippen molar-refractivity contribution in [1.82, 2.24) is 9.97 Å². The van der Waals surface area contributed by atoms with Crippen LogP contribution in [0.15, 0.2) is 65.5 Å². The molecule has 2 aromatic carbocycles. The summed E-state index contributed by atoms with van der Waals surface area (Å²) in [5.74, 6) is 0.376. The summed E-state index contributed by atoms with van der Waals surface area (Å²) < 4.78 is 0.287. The van der Waals surface area contributed by atoms with Gasteiger partial charge < -0.3 is 10.3 Å². The van der Waals surface area contributed by atoms with Gasteiger partial charge in [0.1, 0.15) is 5.82 Å². The minimum Gasteiger partial charge on any atom is -0.341 e. The molecule has 0 amide bonds. The minimum absolute atomic E-state index is 0.209. The maximum atomic E-state index is 12.6. The SMILES string of the molecule is O=c1[nH]c(=S)[nH]c2c1C(c1cccc(Cl)c1)C=C(c1ccccc1)N2. The van der Waals surface area contributed by atoms with Crippen LogP contribution in [0.5, 0.6) is 0 Å². The second-order valence-electron chi connectivity index (χ2n) is 5.80. The van der Waals surface area contributed by atoms with Crippen molar-refractivity contribution >= 4 is 35.3 Å². The Morgan fingerprint density at radius 1 is 1.00 bits per heavy atom. The number of aromatic amines is 2. The molecule has 2 heterocycles. The summed E-state index contributed by atoms with van der Waals surface area (Å²) >= 11 is 11.3. The van der Waals surface area contributed by atoms with E-state index >= 15 is 0 Å². The zero-order chi connectivity index (χ0) is 17.4. The van der Waals surface area contributed by atoms with Crippen molar-refractivity contribution in [2.75, 3.05) is 5.32 Å². The van der Waals surface area contributed by atoms with E-state index in [1.807, 2.05) is 60.7 Å². The highest BCUT2D eigenvalue weighted by molar-refractivity contribution is 7.71. The monoisotopic (exact) mass is 367 g/mol. The maximum absolute atomic E-state index is 12.6. The molecule has 1 unspecified atom stereocenters. The molecule has 4 rings (SSSR count). The minimum atomic E-state index is -0.235. The van der Waals surface area contributed by atoms with Crippen LogP contribution in [0.1, 0.15) is 22.6 Å². The first kappa shape index (κ1) is 15.9. The van der Waals surface area contributed by atoms with E-state index in [-0.39, 0.29) is 16.2 Å². The third-order valence-electron chi connectivity index (χ3n) is 4.18. The Bertz CT molecular complexity index is 1090. The van der Waals surface area contributed by atoms with E-state index in [4.69, 9.17) is 23.8 Å². The highest BCUT2D eigenvalue weighted by Gasteiger charge is 2.26. The molecular weight excluding hydrogens is 354 g/mol. The topological polar surface area (TPSA) is 60.7 Å². The second kappa shape index (κ2) is 6.35. The number of nitrogens with one attached hydrogen (secondary N) is 3. The highest BCUT2D eigenvalue weighted by Crippen LogP contribution is 2.36. The van der Waals surface area contributed by atoms with Gasteiger partial charge in [-0.2, -0.15) is 0 Å². The summed E-state index contributed by atoms with van der Waals surface area (Å²) in [6.45, 7) is 0. The maximum Gasteiger partial charge on any atom is 0.257 e. The lowest BCUT2D eigenvalue weighted by Gasteiger charge is -2.25. The fourth-order valence-corrected chi connectivity index (χ4v) is 3.46. The van der Waals surface area contributed by atoms with Crippen LogP contribution in [0.25, 0.3) is 5.70 Å². The van der Waals surface area contributed by atoms with Crippen molar-refractivity contribution in [3.05, 3.63) is 97.5 Å². The molecule has 0 radical (unpaired) electrons. The van der Waals surface area contributed by atoms with Crippen LogP contribution in [0.2, 0.25) is 5.02 Å². The smallest absolute Gasteiger partial charge is 0.257 e. The van der Waals surface area contributed by atoms with Gasteiger partial charge in [-0.05, 0) is 41.6 Å². The van der Waals surface area contributed by atoms with Crippen LogP contribution < -0.4 is 10.9 Å². The molecule has 0 fully saturated rings. The first-order chi connectivity index (χ1) is 12.1. The zero-order valence-electron chi connectivity index (χ0n) is 13.0. The van der Waals surface area contributed by atoms with Gasteiger partial charge in [0.2, 0.25) is 0 Å². The van der Waals surface area contributed by atoms with E-state index in [9.17, 15) is 4.79 Å². The van der Waals surface area contributed by atoms with E-state index in [1.165, 1.54) is 0 Å². The van der Waals surface area contributed by atoms with Gasteiger partial charge in [-0.3, -0.25) is 9.78 Å². The molecule has 1 aromatic heterocycles. The number of anilines is 1. The molecule has 1 atom stereocenters. The van der Waals surface area contributed by atoms with Crippen molar-refractivity contribution in [3.63, 3.8) is 0 Å². The normalized spacial score (nSPS) is 15.9. The van der Waals surface area contributed by atoms with Crippen LogP contribution in [-0.4, -0.2) is 9.97 Å². The molecule has 1 aliphatic heterocycles. The Hall–Kier alpha value is -2.63. The van der Waals surface area contributed by atoms with Crippen molar-refractivity contribution < 1.29 is 0 Å². The number of hydrogen-bond acceptors (Lipinski definition) is 3. The fraction of sp³-hybridized carbons (Fsp3) is 0.0526. The largest absolute Gasteiger partial charge is 0.341 e. The Balaban J connectivity index is 1.95. The van der Waals surface area contributed by atoms with Crippen molar-refractivity contribution in [3.8, 4) is 0 Å². The number of rotatable bonds is 2. The molecule has 0 saturated carbocycles. The van der Waals surface area contributed by atoms with Crippen LogP contribution in [0.4, 0.5) is 5.82 Å². The third kappa shape index (κ3) is 3.04. The Morgan fingerprint density at radius 2 is 1.80 bits per heavy atom. The molecule has 0 bridgehead atoms. The lowest BCUT2D eigenvalue weighted by atomic mass is 9.88. The summed E-state index contributed by atoms with van der Waals surface area (Å²) in [6, 6.07) is 17.5. The molecule has 0 saturated heterocycles. The fourth-order valence-electron chi connectivity index (χ4n) is 3.07.